The molecule has 0 saturated heterocycles. The first-order chi connectivity index (χ1) is 10.9. The van der Waals surface area contributed by atoms with E-state index in [0.717, 1.165) is 0 Å². The molecule has 0 aliphatic carbocycles. The van der Waals surface area contributed by atoms with Crippen molar-refractivity contribution in [1.29, 1.82) is 0 Å². The van der Waals surface area contributed by atoms with Crippen molar-refractivity contribution in [3.63, 3.8) is 0 Å². The fourth-order valence-electron chi connectivity index (χ4n) is 1.93. The minimum Gasteiger partial charge on any atom is -0.503 e. The summed E-state index contributed by atoms with van der Waals surface area (Å²) in [5, 5.41) is 13.7. The van der Waals surface area contributed by atoms with E-state index in [9.17, 15) is 9.90 Å². The summed E-state index contributed by atoms with van der Waals surface area (Å²) in [4.78, 5) is 15.5. The van der Waals surface area contributed by atoms with E-state index in [2.05, 4.69) is 10.3 Å². The molecule has 1 heterocycles. The Bertz CT molecular complexity index is 721. The number of aromatic nitrogens is 1. The fourth-order valence-corrected chi connectivity index (χ4v) is 2.17. The molecule has 0 bridgehead atoms. The van der Waals surface area contributed by atoms with Crippen LogP contribution in [0.1, 0.15) is 13.8 Å². The molecule has 1 aromatic carbocycles. The van der Waals surface area contributed by atoms with E-state index in [4.69, 9.17) is 26.8 Å². The molecule has 8 heteroatoms. The molecule has 0 radical (unpaired) electrons. The summed E-state index contributed by atoms with van der Waals surface area (Å²) in [6, 6.07) is 5.02. The molecular weight excluding hydrogens is 322 g/mol. The largest absolute Gasteiger partial charge is 0.503 e. The van der Waals surface area contributed by atoms with Gasteiger partial charge in [0.25, 0.3) is 5.88 Å². The van der Waals surface area contributed by atoms with Crippen LogP contribution in [0.4, 0.5) is 4.79 Å². The Kier molecular flexibility index (Phi) is 5.46. The molecule has 2 aromatic rings. The zero-order chi connectivity index (χ0) is 17.0. The third kappa shape index (κ3) is 4.14. The highest BCUT2D eigenvalue weighted by Gasteiger charge is 2.17. The minimum atomic E-state index is -0.775. The van der Waals surface area contributed by atoms with Crippen LogP contribution in [0.5, 0.6) is 17.4 Å². The van der Waals surface area contributed by atoms with Gasteiger partial charge in [0.2, 0.25) is 0 Å². The molecule has 1 amide bonds. The van der Waals surface area contributed by atoms with Crippen LogP contribution in [-0.4, -0.2) is 35.4 Å². The summed E-state index contributed by atoms with van der Waals surface area (Å²) in [7, 11) is 0. The predicted molar refractivity (Wildman–Crippen MR) is 87.3 cm³/mol. The maximum atomic E-state index is 11.6. The number of ether oxygens (including phenoxy) is 2. The Hall–Kier alpha value is -2.25. The van der Waals surface area contributed by atoms with Gasteiger partial charge in [0, 0.05) is 23.9 Å². The number of fused-ring (bicyclic) bond motifs is 1. The second kappa shape index (κ2) is 7.34. The van der Waals surface area contributed by atoms with Crippen LogP contribution in [0.25, 0.3) is 10.8 Å². The Morgan fingerprint density at radius 2 is 2.17 bits per heavy atom. The molecule has 0 aliphatic rings. The molecule has 4 N–H and O–H groups in total. The molecule has 23 heavy (non-hydrogen) atoms. The van der Waals surface area contributed by atoms with Crippen molar-refractivity contribution in [2.24, 2.45) is 5.73 Å². The molecule has 0 aliphatic heterocycles. The molecule has 7 nitrogen and oxygen atoms in total. The monoisotopic (exact) mass is 339 g/mol. The lowest BCUT2D eigenvalue weighted by atomic mass is 10.1. The van der Waals surface area contributed by atoms with Gasteiger partial charge in [-0.1, -0.05) is 11.6 Å². The summed E-state index contributed by atoms with van der Waals surface area (Å²) >= 11 is 6.09. The van der Waals surface area contributed by atoms with Crippen molar-refractivity contribution >= 4 is 28.5 Å². The highest BCUT2D eigenvalue weighted by atomic mass is 35.5. The number of nitrogens with zero attached hydrogens (tertiary/aromatic N) is 1. The Labute approximate surface area is 138 Å². The van der Waals surface area contributed by atoms with E-state index in [1.165, 1.54) is 0 Å². The number of pyridine rings is 1. The number of halogens is 1. The second-order valence-corrected chi connectivity index (χ2v) is 5.39. The van der Waals surface area contributed by atoms with Crippen molar-refractivity contribution in [3.8, 4) is 17.4 Å². The number of hydrogen-bond acceptors (Lipinski definition) is 6. The molecular formula is C15H18ClN3O4. The first-order valence-corrected chi connectivity index (χ1v) is 7.44. The summed E-state index contributed by atoms with van der Waals surface area (Å²) in [5.74, 6) is -0.0103. The first-order valence-electron chi connectivity index (χ1n) is 7.07. The van der Waals surface area contributed by atoms with Crippen molar-refractivity contribution in [2.45, 2.75) is 20.0 Å². The molecule has 0 saturated carbocycles. The van der Waals surface area contributed by atoms with E-state index in [0.29, 0.717) is 16.5 Å². The molecule has 2 rings (SSSR count). The van der Waals surface area contributed by atoms with Gasteiger partial charge in [-0.25, -0.2) is 4.79 Å². The summed E-state index contributed by atoms with van der Waals surface area (Å²) in [6.07, 6.45) is -0.798. The zero-order valence-corrected chi connectivity index (χ0v) is 13.6. The summed E-state index contributed by atoms with van der Waals surface area (Å²) in [6.45, 7) is 4.29. The Morgan fingerprint density at radius 3 is 2.83 bits per heavy atom. The fraction of sp³-hybridized carbons (Fsp3) is 0.333. The summed E-state index contributed by atoms with van der Waals surface area (Å²) < 4.78 is 10.5. The third-order valence-corrected chi connectivity index (χ3v) is 3.13. The zero-order valence-electron chi connectivity index (χ0n) is 12.8. The van der Waals surface area contributed by atoms with Crippen LogP contribution < -0.4 is 20.5 Å². The standard InChI is InChI=1S/C15H18ClN3O4/c1-8(2)22-9-3-4-10-11(7-9)12(20)14(19-13(10)16)23-15(21)18-6-5-17/h3-4,7-8,20H,5-6,17H2,1-2H3,(H,18,21). The number of aromatic hydroxyl groups is 1. The smallest absolute Gasteiger partial charge is 0.414 e. The number of nitrogens with one attached hydrogen (secondary N) is 1. The van der Waals surface area contributed by atoms with Crippen LogP contribution in [0, 0.1) is 0 Å². The van der Waals surface area contributed by atoms with Crippen LogP contribution in [0.3, 0.4) is 0 Å². The van der Waals surface area contributed by atoms with Crippen LogP contribution in [0.2, 0.25) is 5.15 Å². The molecule has 1 aromatic heterocycles. The molecule has 0 fully saturated rings. The van der Waals surface area contributed by atoms with Gasteiger partial charge in [0.1, 0.15) is 10.9 Å². The Morgan fingerprint density at radius 1 is 1.43 bits per heavy atom. The number of hydrogen-bond donors (Lipinski definition) is 3. The highest BCUT2D eigenvalue weighted by Crippen LogP contribution is 2.38. The number of carbonyl (C=O) groups is 1. The number of rotatable bonds is 5. The lowest BCUT2D eigenvalue weighted by Gasteiger charge is -2.13. The normalized spacial score (nSPS) is 10.8. The topological polar surface area (TPSA) is 107 Å². The molecule has 0 unspecified atom stereocenters. The van der Waals surface area contributed by atoms with Gasteiger partial charge in [-0.3, -0.25) is 0 Å². The average molecular weight is 340 g/mol. The van der Waals surface area contributed by atoms with E-state index < -0.39 is 6.09 Å². The third-order valence-electron chi connectivity index (χ3n) is 2.85. The van der Waals surface area contributed by atoms with Crippen LogP contribution in [-0.2, 0) is 0 Å². The van der Waals surface area contributed by atoms with Gasteiger partial charge in [0.05, 0.1) is 6.10 Å². The number of nitrogens with two attached hydrogens (primary N) is 1. The molecule has 0 spiro atoms. The highest BCUT2D eigenvalue weighted by molar-refractivity contribution is 6.34. The van der Waals surface area contributed by atoms with Gasteiger partial charge < -0.3 is 25.6 Å². The maximum absolute atomic E-state index is 11.6. The van der Waals surface area contributed by atoms with E-state index >= 15 is 0 Å². The number of benzene rings is 1. The van der Waals surface area contributed by atoms with Crippen molar-refractivity contribution in [1.82, 2.24) is 10.3 Å². The Balaban J connectivity index is 2.39. The SMILES string of the molecule is CC(C)Oc1ccc2c(Cl)nc(OC(=O)NCCN)c(O)c2c1. The van der Waals surface area contributed by atoms with Gasteiger partial charge in [-0.2, -0.15) is 4.98 Å². The average Bonchev–Trinajstić information content (AvgIpc) is 2.49. The summed E-state index contributed by atoms with van der Waals surface area (Å²) in [5.41, 5.74) is 5.28. The molecule has 0 atom stereocenters. The van der Waals surface area contributed by atoms with Gasteiger partial charge in [-0.15, -0.1) is 0 Å². The number of carbonyl (C=O) groups excluding carboxylic acids is 1. The van der Waals surface area contributed by atoms with Crippen molar-refractivity contribution < 1.29 is 19.4 Å². The van der Waals surface area contributed by atoms with Crippen molar-refractivity contribution in [3.05, 3.63) is 23.4 Å². The lowest BCUT2D eigenvalue weighted by molar-refractivity contribution is 0.197. The number of amides is 1. The van der Waals surface area contributed by atoms with Gasteiger partial charge in [-0.05, 0) is 32.0 Å². The van der Waals surface area contributed by atoms with E-state index in [1.807, 2.05) is 13.8 Å². The van der Waals surface area contributed by atoms with Gasteiger partial charge in [0.15, 0.2) is 5.75 Å². The minimum absolute atomic E-state index is 0.0235. The maximum Gasteiger partial charge on any atom is 0.414 e. The second-order valence-electron chi connectivity index (χ2n) is 5.04. The molecule has 124 valence electrons. The van der Waals surface area contributed by atoms with E-state index in [1.54, 1.807) is 18.2 Å². The first kappa shape index (κ1) is 17.1. The van der Waals surface area contributed by atoms with Crippen molar-refractivity contribution in [2.75, 3.05) is 13.1 Å². The predicted octanol–water partition coefficient (Wildman–Crippen LogP) is 2.43. The van der Waals surface area contributed by atoms with Crippen LogP contribution >= 0.6 is 11.6 Å². The lowest BCUT2D eigenvalue weighted by Crippen LogP contribution is -2.31. The quantitative estimate of drug-likeness (QED) is 0.722. The van der Waals surface area contributed by atoms with E-state index in [-0.39, 0.29) is 36.0 Å². The van der Waals surface area contributed by atoms with Gasteiger partial charge >= 0.3 is 6.09 Å². The van der Waals surface area contributed by atoms with Crippen LogP contribution in [0.15, 0.2) is 18.2 Å².